The summed E-state index contributed by atoms with van der Waals surface area (Å²) in [5.41, 5.74) is 0.775. The minimum Gasteiger partial charge on any atom is -0.308 e. The van der Waals surface area contributed by atoms with E-state index >= 15 is 0 Å². The van der Waals surface area contributed by atoms with Crippen LogP contribution >= 0.6 is 0 Å². The predicted molar refractivity (Wildman–Crippen MR) is 88.1 cm³/mol. The monoisotopic (exact) mass is 280 g/mol. The quantitative estimate of drug-likeness (QED) is 0.756. The van der Waals surface area contributed by atoms with Gasteiger partial charge in [-0.2, -0.15) is 0 Å². The van der Waals surface area contributed by atoms with Crippen LogP contribution < -0.4 is 5.32 Å². The molecule has 2 aliphatic rings. The Morgan fingerprint density at radius 2 is 1.70 bits per heavy atom. The lowest BCUT2D eigenvalue weighted by molar-refractivity contribution is -0.0144. The fourth-order valence-electron chi connectivity index (χ4n) is 4.16. The largest absolute Gasteiger partial charge is 0.308 e. The van der Waals surface area contributed by atoms with Gasteiger partial charge in [-0.05, 0) is 44.4 Å². The molecule has 0 aromatic heterocycles. The molecule has 2 rings (SSSR count). The summed E-state index contributed by atoms with van der Waals surface area (Å²) in [6, 6.07) is 0. The van der Waals surface area contributed by atoms with Gasteiger partial charge in [-0.1, -0.05) is 40.5 Å². The maximum absolute atomic E-state index is 3.95. The highest BCUT2D eigenvalue weighted by Gasteiger charge is 2.49. The standard InChI is InChI=1S/C18H36N2/c1-6-15(7-2)12-20-14-17(5,16-10-11-16)19-13-18(20,8-3)9-4/h15-16,19H,6-14H2,1-5H3. The Morgan fingerprint density at radius 1 is 1.10 bits per heavy atom. The molecule has 1 aliphatic heterocycles. The maximum Gasteiger partial charge on any atom is 0.0329 e. The van der Waals surface area contributed by atoms with Crippen molar-refractivity contribution in [1.29, 1.82) is 0 Å². The molecule has 0 aromatic rings. The third-order valence-corrected chi connectivity index (χ3v) is 6.44. The number of rotatable bonds is 7. The minimum atomic E-state index is 0.375. The molecule has 2 heteroatoms. The Morgan fingerprint density at radius 3 is 2.15 bits per heavy atom. The van der Waals surface area contributed by atoms with E-state index in [1.54, 1.807) is 0 Å². The average molecular weight is 280 g/mol. The molecule has 1 aliphatic carbocycles. The van der Waals surface area contributed by atoms with Crippen LogP contribution in [0, 0.1) is 11.8 Å². The molecule has 1 atom stereocenters. The Balaban J connectivity index is 2.13. The fraction of sp³-hybridized carbons (Fsp3) is 1.00. The van der Waals surface area contributed by atoms with Crippen LogP contribution in [0.25, 0.3) is 0 Å². The normalized spacial score (nSPS) is 30.9. The second-order valence-electron chi connectivity index (χ2n) is 7.54. The predicted octanol–water partition coefficient (Wildman–Crippen LogP) is 4.06. The first kappa shape index (κ1) is 16.3. The van der Waals surface area contributed by atoms with E-state index in [1.165, 1.54) is 58.2 Å². The molecular weight excluding hydrogens is 244 g/mol. The van der Waals surface area contributed by atoms with E-state index in [0.717, 1.165) is 11.8 Å². The van der Waals surface area contributed by atoms with Crippen molar-refractivity contribution < 1.29 is 0 Å². The Labute approximate surface area is 126 Å². The molecule has 1 saturated heterocycles. The Hall–Kier alpha value is -0.0800. The number of piperazine rings is 1. The fourth-order valence-corrected chi connectivity index (χ4v) is 4.16. The van der Waals surface area contributed by atoms with E-state index in [-0.39, 0.29) is 0 Å². The van der Waals surface area contributed by atoms with Crippen molar-refractivity contribution in [3.05, 3.63) is 0 Å². The minimum absolute atomic E-state index is 0.375. The molecule has 1 saturated carbocycles. The van der Waals surface area contributed by atoms with Crippen LogP contribution in [0.2, 0.25) is 0 Å². The number of hydrogen-bond donors (Lipinski definition) is 1. The summed E-state index contributed by atoms with van der Waals surface area (Å²) in [6.07, 6.45) is 8.07. The van der Waals surface area contributed by atoms with Crippen LogP contribution in [0.4, 0.5) is 0 Å². The van der Waals surface area contributed by atoms with Crippen molar-refractivity contribution in [3.8, 4) is 0 Å². The number of nitrogens with one attached hydrogen (secondary N) is 1. The molecule has 1 heterocycles. The molecule has 2 fully saturated rings. The first-order valence-corrected chi connectivity index (χ1v) is 9.03. The lowest BCUT2D eigenvalue weighted by Crippen LogP contribution is -2.70. The molecular formula is C18H36N2. The van der Waals surface area contributed by atoms with Crippen molar-refractivity contribution in [3.63, 3.8) is 0 Å². The van der Waals surface area contributed by atoms with Gasteiger partial charge >= 0.3 is 0 Å². The smallest absolute Gasteiger partial charge is 0.0329 e. The van der Waals surface area contributed by atoms with E-state index in [4.69, 9.17) is 0 Å². The number of hydrogen-bond acceptors (Lipinski definition) is 2. The van der Waals surface area contributed by atoms with Gasteiger partial charge in [-0.3, -0.25) is 4.90 Å². The summed E-state index contributed by atoms with van der Waals surface area (Å²) < 4.78 is 0. The van der Waals surface area contributed by atoms with Crippen molar-refractivity contribution in [2.75, 3.05) is 19.6 Å². The van der Waals surface area contributed by atoms with Crippen molar-refractivity contribution in [2.24, 2.45) is 11.8 Å². The van der Waals surface area contributed by atoms with Crippen LogP contribution in [0.3, 0.4) is 0 Å². The van der Waals surface area contributed by atoms with E-state index in [1.807, 2.05) is 0 Å². The molecule has 20 heavy (non-hydrogen) atoms. The Bertz CT molecular complexity index is 303. The SMILES string of the molecule is CCC(CC)CN1CC(C)(C2CC2)NCC1(CC)CC. The van der Waals surface area contributed by atoms with Gasteiger partial charge in [0.1, 0.15) is 0 Å². The summed E-state index contributed by atoms with van der Waals surface area (Å²) in [4.78, 5) is 2.87. The molecule has 1 unspecified atom stereocenters. The molecule has 0 radical (unpaired) electrons. The molecule has 0 bridgehead atoms. The summed E-state index contributed by atoms with van der Waals surface area (Å²) in [5, 5.41) is 3.95. The molecule has 2 nitrogen and oxygen atoms in total. The van der Waals surface area contributed by atoms with E-state index in [9.17, 15) is 0 Å². The average Bonchev–Trinajstić information content (AvgIpc) is 3.30. The van der Waals surface area contributed by atoms with Gasteiger partial charge in [-0.25, -0.2) is 0 Å². The van der Waals surface area contributed by atoms with Crippen molar-refractivity contribution in [1.82, 2.24) is 10.2 Å². The van der Waals surface area contributed by atoms with E-state index < -0.39 is 0 Å². The molecule has 1 N–H and O–H groups in total. The molecule has 0 amide bonds. The number of nitrogens with zero attached hydrogens (tertiary/aromatic N) is 1. The summed E-state index contributed by atoms with van der Waals surface area (Å²) in [7, 11) is 0. The van der Waals surface area contributed by atoms with E-state index in [2.05, 4.69) is 44.8 Å². The first-order valence-electron chi connectivity index (χ1n) is 9.03. The van der Waals surface area contributed by atoms with Crippen molar-refractivity contribution >= 4 is 0 Å². The van der Waals surface area contributed by atoms with Gasteiger partial charge in [0.25, 0.3) is 0 Å². The highest BCUT2D eigenvalue weighted by Crippen LogP contribution is 2.43. The van der Waals surface area contributed by atoms with E-state index in [0.29, 0.717) is 11.1 Å². The van der Waals surface area contributed by atoms with Crippen LogP contribution in [0.15, 0.2) is 0 Å². The lowest BCUT2D eigenvalue weighted by Gasteiger charge is -2.54. The second-order valence-corrected chi connectivity index (χ2v) is 7.54. The summed E-state index contributed by atoms with van der Waals surface area (Å²) in [6.45, 7) is 15.7. The zero-order valence-electron chi connectivity index (χ0n) is 14.5. The van der Waals surface area contributed by atoms with Crippen molar-refractivity contribution in [2.45, 2.75) is 84.2 Å². The third-order valence-electron chi connectivity index (χ3n) is 6.44. The maximum atomic E-state index is 3.95. The van der Waals surface area contributed by atoms with Gasteiger partial charge in [-0.15, -0.1) is 0 Å². The van der Waals surface area contributed by atoms with Gasteiger partial charge < -0.3 is 5.32 Å². The van der Waals surface area contributed by atoms with Gasteiger partial charge in [0, 0.05) is 30.7 Å². The van der Waals surface area contributed by atoms with Crippen LogP contribution in [-0.2, 0) is 0 Å². The van der Waals surface area contributed by atoms with Gasteiger partial charge in [0.2, 0.25) is 0 Å². The zero-order chi connectivity index (χ0) is 14.8. The summed E-state index contributed by atoms with van der Waals surface area (Å²) >= 11 is 0. The third kappa shape index (κ3) is 3.06. The highest BCUT2D eigenvalue weighted by atomic mass is 15.3. The topological polar surface area (TPSA) is 15.3 Å². The molecule has 0 aromatic carbocycles. The van der Waals surface area contributed by atoms with Crippen LogP contribution in [0.5, 0.6) is 0 Å². The Kier molecular flexibility index (Phi) is 5.18. The molecule has 0 spiro atoms. The molecule has 118 valence electrons. The highest BCUT2D eigenvalue weighted by molar-refractivity contribution is 5.08. The first-order chi connectivity index (χ1) is 9.53. The van der Waals surface area contributed by atoms with Crippen LogP contribution in [-0.4, -0.2) is 35.6 Å². The lowest BCUT2D eigenvalue weighted by atomic mass is 9.80. The van der Waals surface area contributed by atoms with Crippen LogP contribution in [0.1, 0.15) is 73.1 Å². The summed E-state index contributed by atoms with van der Waals surface area (Å²) in [5.74, 6) is 1.80. The second kappa shape index (κ2) is 6.36. The zero-order valence-corrected chi connectivity index (χ0v) is 14.5. The van der Waals surface area contributed by atoms with Gasteiger partial charge in [0.05, 0.1) is 0 Å². The van der Waals surface area contributed by atoms with Gasteiger partial charge in [0.15, 0.2) is 0 Å².